The van der Waals surface area contributed by atoms with Crippen molar-refractivity contribution in [3.63, 3.8) is 0 Å². The predicted molar refractivity (Wildman–Crippen MR) is 51.1 cm³/mol. The molecule has 4 heteroatoms. The number of hydrogen-bond acceptors (Lipinski definition) is 3. The Bertz CT molecular complexity index is 264. The van der Waals surface area contributed by atoms with E-state index >= 15 is 0 Å². The molecule has 1 unspecified atom stereocenters. The number of nitrogens with zero attached hydrogens (tertiary/aromatic N) is 1. The van der Waals surface area contributed by atoms with Gasteiger partial charge in [-0.1, -0.05) is 6.92 Å². The van der Waals surface area contributed by atoms with Crippen LogP contribution in [0, 0.1) is 22.7 Å². The summed E-state index contributed by atoms with van der Waals surface area (Å²) in [5.41, 5.74) is -0.831. The molecule has 4 nitrogen and oxygen atoms in total. The molecule has 78 valence electrons. The highest BCUT2D eigenvalue weighted by Crippen LogP contribution is 2.45. The monoisotopic (exact) mass is 196 g/mol. The molecular formula is C10H16N2O2. The fourth-order valence-corrected chi connectivity index (χ4v) is 1.86. The first-order valence-corrected chi connectivity index (χ1v) is 4.87. The van der Waals surface area contributed by atoms with Gasteiger partial charge in [-0.15, -0.1) is 0 Å². The van der Waals surface area contributed by atoms with E-state index in [4.69, 9.17) is 10.4 Å². The molecule has 1 aliphatic rings. The van der Waals surface area contributed by atoms with Crippen molar-refractivity contribution < 1.29 is 9.90 Å². The van der Waals surface area contributed by atoms with Crippen LogP contribution in [0.15, 0.2) is 0 Å². The highest BCUT2D eigenvalue weighted by molar-refractivity contribution is 5.86. The molecule has 0 heterocycles. The topological polar surface area (TPSA) is 73.1 Å². The van der Waals surface area contributed by atoms with E-state index in [1.54, 1.807) is 6.92 Å². The SMILES string of the molecule is CC1CC(C#N)(C(=O)NC(C)CO)C1. The minimum atomic E-state index is -0.831. The molecule has 1 atom stereocenters. The number of rotatable bonds is 3. The number of carbonyl (C=O) groups excluding carboxylic acids is 1. The predicted octanol–water partition coefficient (Wildman–Crippen LogP) is 0.423. The molecule has 1 rings (SSSR count). The van der Waals surface area contributed by atoms with Crippen LogP contribution in [0.25, 0.3) is 0 Å². The van der Waals surface area contributed by atoms with Crippen LogP contribution in [0.1, 0.15) is 26.7 Å². The van der Waals surface area contributed by atoms with E-state index in [2.05, 4.69) is 11.4 Å². The molecule has 1 saturated carbocycles. The summed E-state index contributed by atoms with van der Waals surface area (Å²) >= 11 is 0. The third-order valence-corrected chi connectivity index (χ3v) is 2.69. The van der Waals surface area contributed by atoms with Crippen molar-refractivity contribution in [1.29, 1.82) is 5.26 Å². The first-order chi connectivity index (χ1) is 6.54. The van der Waals surface area contributed by atoms with Crippen LogP contribution in [0.2, 0.25) is 0 Å². The molecule has 0 spiro atoms. The van der Waals surface area contributed by atoms with Crippen LogP contribution in [-0.2, 0) is 4.79 Å². The number of nitrogens with one attached hydrogen (secondary N) is 1. The lowest BCUT2D eigenvalue weighted by molar-refractivity contribution is -0.134. The number of carbonyl (C=O) groups is 1. The van der Waals surface area contributed by atoms with Gasteiger partial charge in [-0.25, -0.2) is 0 Å². The molecule has 0 aromatic carbocycles. The first kappa shape index (κ1) is 11.0. The Kier molecular flexibility index (Phi) is 3.12. The molecule has 2 N–H and O–H groups in total. The van der Waals surface area contributed by atoms with Crippen molar-refractivity contribution >= 4 is 5.91 Å². The Morgan fingerprint density at radius 1 is 1.79 bits per heavy atom. The average Bonchev–Trinajstić information content (AvgIpc) is 2.12. The lowest BCUT2D eigenvalue weighted by atomic mass is 9.63. The van der Waals surface area contributed by atoms with Crippen LogP contribution >= 0.6 is 0 Å². The smallest absolute Gasteiger partial charge is 0.240 e. The molecule has 0 aromatic heterocycles. The minimum absolute atomic E-state index is 0.0944. The summed E-state index contributed by atoms with van der Waals surface area (Å²) in [5.74, 6) is 0.212. The number of amides is 1. The van der Waals surface area contributed by atoms with Crippen LogP contribution in [-0.4, -0.2) is 23.7 Å². The molecule has 0 bridgehead atoms. The van der Waals surface area contributed by atoms with E-state index in [9.17, 15) is 4.79 Å². The summed E-state index contributed by atoms with van der Waals surface area (Å²) in [7, 11) is 0. The third kappa shape index (κ3) is 1.88. The van der Waals surface area contributed by atoms with Crippen molar-refractivity contribution in [2.75, 3.05) is 6.61 Å². The van der Waals surface area contributed by atoms with E-state index in [0.29, 0.717) is 18.8 Å². The summed E-state index contributed by atoms with van der Waals surface area (Å²) < 4.78 is 0. The van der Waals surface area contributed by atoms with Crippen LogP contribution in [0.3, 0.4) is 0 Å². The zero-order valence-electron chi connectivity index (χ0n) is 8.58. The largest absolute Gasteiger partial charge is 0.394 e. The van der Waals surface area contributed by atoms with Gasteiger partial charge in [-0.05, 0) is 25.7 Å². The standard InChI is InChI=1S/C10H16N2O2/c1-7-3-10(4-7,6-11)9(14)12-8(2)5-13/h7-8,13H,3-5H2,1-2H3,(H,12,14). The molecular weight excluding hydrogens is 180 g/mol. The van der Waals surface area contributed by atoms with Gasteiger partial charge in [-0.3, -0.25) is 4.79 Å². The minimum Gasteiger partial charge on any atom is -0.394 e. The third-order valence-electron chi connectivity index (χ3n) is 2.69. The van der Waals surface area contributed by atoms with Gasteiger partial charge in [0.1, 0.15) is 5.41 Å². The van der Waals surface area contributed by atoms with E-state index in [-0.39, 0.29) is 18.6 Å². The van der Waals surface area contributed by atoms with E-state index < -0.39 is 5.41 Å². The first-order valence-electron chi connectivity index (χ1n) is 4.87. The Labute approximate surface area is 83.9 Å². The van der Waals surface area contributed by atoms with Crippen LogP contribution in [0.4, 0.5) is 0 Å². The van der Waals surface area contributed by atoms with Crippen LogP contribution < -0.4 is 5.32 Å². The lowest BCUT2D eigenvalue weighted by Gasteiger charge is -2.39. The van der Waals surface area contributed by atoms with Gasteiger partial charge < -0.3 is 10.4 Å². The van der Waals surface area contributed by atoms with Crippen molar-refractivity contribution in [1.82, 2.24) is 5.32 Å². The van der Waals surface area contributed by atoms with Gasteiger partial charge >= 0.3 is 0 Å². The van der Waals surface area contributed by atoms with Gasteiger partial charge in [0, 0.05) is 6.04 Å². The number of nitriles is 1. The summed E-state index contributed by atoms with van der Waals surface area (Å²) in [6.07, 6.45) is 1.26. The maximum atomic E-state index is 11.6. The molecule has 14 heavy (non-hydrogen) atoms. The normalized spacial score (nSPS) is 32.6. The lowest BCUT2D eigenvalue weighted by Crippen LogP contribution is -2.51. The highest BCUT2D eigenvalue weighted by atomic mass is 16.3. The Balaban J connectivity index is 2.56. The molecule has 1 fully saturated rings. The second-order valence-corrected chi connectivity index (χ2v) is 4.26. The number of hydrogen-bond donors (Lipinski definition) is 2. The van der Waals surface area contributed by atoms with Crippen molar-refractivity contribution in [2.45, 2.75) is 32.7 Å². The fourth-order valence-electron chi connectivity index (χ4n) is 1.86. The van der Waals surface area contributed by atoms with E-state index in [1.165, 1.54) is 0 Å². The fraction of sp³-hybridized carbons (Fsp3) is 0.800. The Morgan fingerprint density at radius 2 is 2.36 bits per heavy atom. The van der Waals surface area contributed by atoms with Gasteiger partial charge in [0.05, 0.1) is 12.7 Å². The number of aliphatic hydroxyl groups excluding tert-OH is 1. The molecule has 0 aromatic rings. The zero-order valence-corrected chi connectivity index (χ0v) is 8.58. The molecule has 0 aliphatic heterocycles. The zero-order chi connectivity index (χ0) is 10.8. The van der Waals surface area contributed by atoms with Gasteiger partial charge in [-0.2, -0.15) is 5.26 Å². The second kappa shape index (κ2) is 3.97. The van der Waals surface area contributed by atoms with E-state index in [1.807, 2.05) is 6.92 Å². The summed E-state index contributed by atoms with van der Waals surface area (Å²) in [4.78, 5) is 11.6. The quantitative estimate of drug-likeness (QED) is 0.687. The molecule has 1 amide bonds. The van der Waals surface area contributed by atoms with Crippen molar-refractivity contribution in [3.05, 3.63) is 0 Å². The van der Waals surface area contributed by atoms with Gasteiger partial charge in [0.2, 0.25) is 5.91 Å². The summed E-state index contributed by atoms with van der Waals surface area (Å²) in [6, 6.07) is 1.81. The maximum Gasteiger partial charge on any atom is 0.240 e. The maximum absolute atomic E-state index is 11.6. The van der Waals surface area contributed by atoms with E-state index in [0.717, 1.165) is 0 Å². The molecule has 1 aliphatic carbocycles. The average molecular weight is 196 g/mol. The summed E-state index contributed by atoms with van der Waals surface area (Å²) in [6.45, 7) is 3.65. The molecule has 0 saturated heterocycles. The van der Waals surface area contributed by atoms with Crippen LogP contribution in [0.5, 0.6) is 0 Å². The Morgan fingerprint density at radius 3 is 2.71 bits per heavy atom. The number of aliphatic hydroxyl groups is 1. The second-order valence-electron chi connectivity index (χ2n) is 4.26. The van der Waals surface area contributed by atoms with Crippen molar-refractivity contribution in [3.8, 4) is 6.07 Å². The summed E-state index contributed by atoms with van der Waals surface area (Å²) in [5, 5.41) is 20.3. The molecule has 0 radical (unpaired) electrons. The van der Waals surface area contributed by atoms with Gasteiger partial charge in [0.15, 0.2) is 0 Å². The van der Waals surface area contributed by atoms with Crippen molar-refractivity contribution in [2.24, 2.45) is 11.3 Å². The highest BCUT2D eigenvalue weighted by Gasteiger charge is 2.49. The van der Waals surface area contributed by atoms with Gasteiger partial charge in [0.25, 0.3) is 0 Å². The Hall–Kier alpha value is -1.08.